The molecule has 1 amide bonds. The first-order valence-corrected chi connectivity index (χ1v) is 10.00. The summed E-state index contributed by atoms with van der Waals surface area (Å²) in [7, 11) is -2.32. The Bertz CT molecular complexity index is 943. The monoisotopic (exact) mass is 409 g/mol. The molecule has 0 aliphatic heterocycles. The lowest BCUT2D eigenvalue weighted by Crippen LogP contribution is -2.30. The van der Waals surface area contributed by atoms with Crippen molar-refractivity contribution in [1.82, 2.24) is 0 Å². The van der Waals surface area contributed by atoms with Crippen LogP contribution >= 0.6 is 0 Å². The van der Waals surface area contributed by atoms with Crippen LogP contribution in [0.5, 0.6) is 5.75 Å². The fourth-order valence-electron chi connectivity index (χ4n) is 2.27. The van der Waals surface area contributed by atoms with Crippen LogP contribution in [0, 0.1) is 5.82 Å². The van der Waals surface area contributed by atoms with E-state index in [1.54, 1.807) is 24.3 Å². The van der Waals surface area contributed by atoms with E-state index in [1.807, 2.05) is 0 Å². The van der Waals surface area contributed by atoms with Crippen LogP contribution in [0.1, 0.15) is 13.3 Å². The first-order valence-electron chi connectivity index (χ1n) is 8.34. The highest BCUT2D eigenvalue weighted by molar-refractivity contribution is 7.91. The van der Waals surface area contributed by atoms with Gasteiger partial charge in [0.15, 0.2) is 15.9 Å². The molecule has 2 rings (SSSR count). The molecule has 0 spiro atoms. The number of hydrogen-bond acceptors (Lipinski definition) is 6. The van der Waals surface area contributed by atoms with E-state index in [1.165, 1.54) is 14.0 Å². The second-order valence-corrected chi connectivity index (χ2v) is 7.95. The number of esters is 1. The van der Waals surface area contributed by atoms with E-state index in [0.29, 0.717) is 11.4 Å². The SMILES string of the molecule is COc1ccccc1NC(=O)[C@H](C)OC(=O)CCS(=O)(=O)c1ccc(F)cc1. The van der Waals surface area contributed by atoms with Crippen molar-refractivity contribution in [3.63, 3.8) is 0 Å². The maximum atomic E-state index is 12.9. The Kier molecular flexibility index (Phi) is 7.11. The van der Waals surface area contributed by atoms with Gasteiger partial charge in [-0.05, 0) is 43.3 Å². The van der Waals surface area contributed by atoms with Gasteiger partial charge in [-0.2, -0.15) is 0 Å². The normalized spacial score (nSPS) is 12.1. The minimum atomic E-state index is -3.77. The van der Waals surface area contributed by atoms with Crippen LogP contribution in [0.3, 0.4) is 0 Å². The van der Waals surface area contributed by atoms with Crippen molar-refractivity contribution >= 4 is 27.4 Å². The van der Waals surface area contributed by atoms with Crippen molar-refractivity contribution in [3.8, 4) is 5.75 Å². The van der Waals surface area contributed by atoms with E-state index in [-0.39, 0.29) is 4.90 Å². The molecule has 1 N–H and O–H groups in total. The lowest BCUT2D eigenvalue weighted by atomic mass is 10.2. The van der Waals surface area contributed by atoms with Crippen LogP contribution in [-0.2, 0) is 24.2 Å². The largest absolute Gasteiger partial charge is 0.495 e. The summed E-state index contributed by atoms with van der Waals surface area (Å²) >= 11 is 0. The van der Waals surface area contributed by atoms with Crippen molar-refractivity contribution in [2.24, 2.45) is 0 Å². The first-order chi connectivity index (χ1) is 13.2. The van der Waals surface area contributed by atoms with E-state index < -0.39 is 45.8 Å². The highest BCUT2D eigenvalue weighted by atomic mass is 32.2. The van der Waals surface area contributed by atoms with Gasteiger partial charge >= 0.3 is 5.97 Å². The van der Waals surface area contributed by atoms with Gasteiger partial charge in [-0.15, -0.1) is 0 Å². The summed E-state index contributed by atoms with van der Waals surface area (Å²) in [6.07, 6.45) is -1.57. The molecule has 0 saturated heterocycles. The second kappa shape index (κ2) is 9.32. The van der Waals surface area contributed by atoms with Crippen LogP contribution in [0.2, 0.25) is 0 Å². The van der Waals surface area contributed by atoms with Gasteiger partial charge in [0.1, 0.15) is 11.6 Å². The van der Waals surface area contributed by atoms with Crippen LogP contribution in [0.15, 0.2) is 53.4 Å². The second-order valence-electron chi connectivity index (χ2n) is 5.84. The molecule has 28 heavy (non-hydrogen) atoms. The summed E-state index contributed by atoms with van der Waals surface area (Å²) in [5, 5.41) is 2.58. The number of methoxy groups -OCH3 is 1. The van der Waals surface area contributed by atoms with Crippen LogP contribution in [0.25, 0.3) is 0 Å². The molecule has 0 heterocycles. The molecule has 0 aliphatic rings. The zero-order valence-corrected chi connectivity index (χ0v) is 16.2. The van der Waals surface area contributed by atoms with Crippen LogP contribution < -0.4 is 10.1 Å². The summed E-state index contributed by atoms with van der Waals surface area (Å²) in [5.41, 5.74) is 0.414. The predicted octanol–water partition coefficient (Wildman–Crippen LogP) is 2.57. The number of carbonyl (C=O) groups excluding carboxylic acids is 2. The molecule has 2 aromatic rings. The van der Waals surface area contributed by atoms with Crippen LogP contribution in [0.4, 0.5) is 10.1 Å². The molecule has 0 fully saturated rings. The predicted molar refractivity (Wildman–Crippen MR) is 100 cm³/mol. The number of sulfone groups is 1. The molecule has 0 saturated carbocycles. The summed E-state index contributed by atoms with van der Waals surface area (Å²) in [6.45, 7) is 1.37. The third kappa shape index (κ3) is 5.78. The zero-order valence-electron chi connectivity index (χ0n) is 15.3. The Hall–Kier alpha value is -2.94. The number of amides is 1. The van der Waals surface area contributed by atoms with E-state index in [2.05, 4.69) is 5.32 Å². The molecule has 1 atom stereocenters. The molecular weight excluding hydrogens is 389 g/mol. The molecule has 2 aromatic carbocycles. The topological polar surface area (TPSA) is 98.8 Å². The summed E-state index contributed by atoms with van der Waals surface area (Å²) in [6, 6.07) is 11.0. The van der Waals surface area contributed by atoms with Gasteiger partial charge < -0.3 is 14.8 Å². The van der Waals surface area contributed by atoms with Gasteiger partial charge in [-0.25, -0.2) is 12.8 Å². The number of benzene rings is 2. The van der Waals surface area contributed by atoms with Crippen molar-refractivity contribution in [3.05, 3.63) is 54.3 Å². The van der Waals surface area contributed by atoms with Gasteiger partial charge in [-0.3, -0.25) is 9.59 Å². The summed E-state index contributed by atoms with van der Waals surface area (Å²) < 4.78 is 47.3. The van der Waals surface area contributed by atoms with E-state index in [4.69, 9.17) is 9.47 Å². The maximum Gasteiger partial charge on any atom is 0.307 e. The minimum Gasteiger partial charge on any atom is -0.495 e. The molecule has 7 nitrogen and oxygen atoms in total. The molecule has 0 unspecified atom stereocenters. The smallest absolute Gasteiger partial charge is 0.307 e. The number of carbonyl (C=O) groups is 2. The number of hydrogen-bond donors (Lipinski definition) is 1. The number of para-hydroxylation sites is 2. The highest BCUT2D eigenvalue weighted by Crippen LogP contribution is 2.23. The molecule has 0 bridgehead atoms. The lowest BCUT2D eigenvalue weighted by molar-refractivity contribution is -0.152. The fourth-order valence-corrected chi connectivity index (χ4v) is 3.49. The molecule has 9 heteroatoms. The Labute approximate surface area is 162 Å². The summed E-state index contributed by atoms with van der Waals surface area (Å²) in [4.78, 5) is 24.0. The Balaban J connectivity index is 1.89. The van der Waals surface area contributed by atoms with Gasteiger partial charge in [0.25, 0.3) is 5.91 Å². The van der Waals surface area contributed by atoms with Crippen molar-refractivity contribution in [2.75, 3.05) is 18.2 Å². The molecule has 0 aromatic heterocycles. The Morgan fingerprint density at radius 3 is 2.39 bits per heavy atom. The molecule has 150 valence electrons. The average molecular weight is 409 g/mol. The van der Waals surface area contributed by atoms with E-state index in [0.717, 1.165) is 24.3 Å². The Morgan fingerprint density at radius 2 is 1.75 bits per heavy atom. The zero-order chi connectivity index (χ0) is 20.7. The number of ether oxygens (including phenoxy) is 2. The van der Waals surface area contributed by atoms with Gasteiger partial charge in [-0.1, -0.05) is 12.1 Å². The van der Waals surface area contributed by atoms with Crippen molar-refractivity contribution in [2.45, 2.75) is 24.3 Å². The number of halogens is 1. The number of rotatable bonds is 8. The average Bonchev–Trinajstić information content (AvgIpc) is 2.67. The fraction of sp³-hybridized carbons (Fsp3) is 0.263. The van der Waals surface area contributed by atoms with E-state index >= 15 is 0 Å². The third-order valence-electron chi connectivity index (χ3n) is 3.79. The molecular formula is C19H20FNO6S. The third-order valence-corrected chi connectivity index (χ3v) is 5.52. The molecule has 0 aliphatic carbocycles. The highest BCUT2D eigenvalue weighted by Gasteiger charge is 2.22. The summed E-state index contributed by atoms with van der Waals surface area (Å²) in [5.74, 6) is -2.06. The maximum absolute atomic E-state index is 12.9. The number of nitrogens with one attached hydrogen (secondary N) is 1. The molecule has 0 radical (unpaired) electrons. The van der Waals surface area contributed by atoms with E-state index in [9.17, 15) is 22.4 Å². The standard InChI is InChI=1S/C19H20FNO6S/c1-13(19(23)21-16-5-3-4-6-17(16)26-2)27-18(22)11-12-28(24,25)15-9-7-14(20)8-10-15/h3-10,13H,11-12H2,1-2H3,(H,21,23)/t13-/m0/s1. The minimum absolute atomic E-state index is 0.0938. The Morgan fingerprint density at radius 1 is 1.11 bits per heavy atom. The van der Waals surface area contributed by atoms with Gasteiger partial charge in [0.05, 0.1) is 29.9 Å². The first kappa shape index (κ1) is 21.4. The van der Waals surface area contributed by atoms with Crippen molar-refractivity contribution in [1.29, 1.82) is 0 Å². The van der Waals surface area contributed by atoms with Gasteiger partial charge in [0, 0.05) is 0 Å². The van der Waals surface area contributed by atoms with Gasteiger partial charge in [0.2, 0.25) is 0 Å². The number of anilines is 1. The van der Waals surface area contributed by atoms with Crippen molar-refractivity contribution < 1.29 is 31.9 Å². The lowest BCUT2D eigenvalue weighted by Gasteiger charge is -2.15. The quantitative estimate of drug-likeness (QED) is 0.531. The van der Waals surface area contributed by atoms with Crippen LogP contribution in [-0.4, -0.2) is 39.3 Å².